The molecule has 0 saturated carbocycles. The van der Waals surface area contributed by atoms with E-state index in [0.717, 1.165) is 0 Å². The van der Waals surface area contributed by atoms with E-state index in [-0.39, 0.29) is 5.56 Å². The monoisotopic (exact) mass is 218 g/mol. The van der Waals surface area contributed by atoms with Crippen molar-refractivity contribution in [2.24, 2.45) is 0 Å². The van der Waals surface area contributed by atoms with Gasteiger partial charge in [0.1, 0.15) is 5.69 Å². The maximum Gasteiger partial charge on any atom is 0.282 e. The molecule has 1 aromatic heterocycles. The number of hydrogen-bond acceptors (Lipinski definition) is 3. The van der Waals surface area contributed by atoms with Crippen molar-refractivity contribution in [3.8, 4) is 0 Å². The number of ether oxygens (including phenoxy) is 1. The average Bonchev–Trinajstić information content (AvgIpc) is 2.45. The number of aromatic nitrogens is 2. The van der Waals surface area contributed by atoms with Gasteiger partial charge in [0.15, 0.2) is 6.29 Å². The van der Waals surface area contributed by atoms with Gasteiger partial charge in [0, 0.05) is 12.1 Å². The van der Waals surface area contributed by atoms with Crippen LogP contribution in [0.4, 0.5) is 8.78 Å². The van der Waals surface area contributed by atoms with Crippen LogP contribution in [0.5, 0.6) is 0 Å². The van der Waals surface area contributed by atoms with E-state index in [1.165, 1.54) is 0 Å². The van der Waals surface area contributed by atoms with E-state index < -0.39 is 24.0 Å². The molecule has 6 heteroatoms. The van der Waals surface area contributed by atoms with Gasteiger partial charge in [-0.15, -0.1) is 0 Å². The first kappa shape index (κ1) is 10.5. The minimum absolute atomic E-state index is 0.0873. The Hall–Kier alpha value is -1.01. The fraction of sp³-hybridized carbons (Fsp3) is 0.667. The van der Waals surface area contributed by atoms with Crippen molar-refractivity contribution < 1.29 is 18.6 Å². The first-order chi connectivity index (χ1) is 6.91. The fourth-order valence-corrected chi connectivity index (χ4v) is 1.81. The summed E-state index contributed by atoms with van der Waals surface area (Å²) in [6, 6.07) is 0. The highest BCUT2D eigenvalue weighted by molar-refractivity contribution is 5.30. The van der Waals surface area contributed by atoms with E-state index >= 15 is 0 Å². The van der Waals surface area contributed by atoms with Crippen LogP contribution in [0.25, 0.3) is 0 Å². The average molecular weight is 218 g/mol. The zero-order valence-electron chi connectivity index (χ0n) is 8.42. The number of nitrogens with one attached hydrogen (secondary N) is 1. The van der Waals surface area contributed by atoms with Gasteiger partial charge in [0.2, 0.25) is 0 Å². The third-order valence-electron chi connectivity index (χ3n) is 2.40. The Kier molecular flexibility index (Phi) is 2.27. The smallest absolute Gasteiger partial charge is 0.282 e. The number of rotatable bonds is 1. The Morgan fingerprint density at radius 1 is 1.60 bits per heavy atom. The molecule has 1 aliphatic heterocycles. The summed E-state index contributed by atoms with van der Waals surface area (Å²) < 4.78 is 30.2. The summed E-state index contributed by atoms with van der Waals surface area (Å²) in [5, 5.41) is 15.6. The zero-order chi connectivity index (χ0) is 11.2. The number of fused-ring (bicyclic) bond motifs is 1. The minimum Gasteiger partial charge on any atom is -0.364 e. The Morgan fingerprint density at radius 3 is 2.87 bits per heavy atom. The minimum atomic E-state index is -2.70. The van der Waals surface area contributed by atoms with Crippen LogP contribution in [-0.4, -0.2) is 20.9 Å². The third-order valence-corrected chi connectivity index (χ3v) is 2.40. The number of nitrogens with zero attached hydrogens (tertiary/aromatic N) is 1. The molecule has 0 amide bonds. The van der Waals surface area contributed by atoms with Crippen LogP contribution < -0.4 is 0 Å². The van der Waals surface area contributed by atoms with Gasteiger partial charge in [-0.3, -0.25) is 5.10 Å². The van der Waals surface area contributed by atoms with Gasteiger partial charge in [-0.25, -0.2) is 8.78 Å². The highest BCUT2D eigenvalue weighted by Gasteiger charge is 2.37. The summed E-state index contributed by atoms with van der Waals surface area (Å²) in [7, 11) is 0. The first-order valence-electron chi connectivity index (χ1n) is 4.62. The van der Waals surface area contributed by atoms with Crippen LogP contribution in [0, 0.1) is 0 Å². The highest BCUT2D eigenvalue weighted by Crippen LogP contribution is 2.37. The Bertz CT molecular complexity index is 376. The van der Waals surface area contributed by atoms with Gasteiger partial charge in [0.25, 0.3) is 6.43 Å². The van der Waals surface area contributed by atoms with Crippen molar-refractivity contribution in [1.29, 1.82) is 0 Å². The predicted molar refractivity (Wildman–Crippen MR) is 47.4 cm³/mol. The lowest BCUT2D eigenvalue weighted by Crippen LogP contribution is -2.34. The van der Waals surface area contributed by atoms with E-state index in [0.29, 0.717) is 12.1 Å². The molecule has 2 N–H and O–H groups in total. The molecule has 84 valence electrons. The van der Waals surface area contributed by atoms with Gasteiger partial charge in [0.05, 0.1) is 11.2 Å². The lowest BCUT2D eigenvalue weighted by molar-refractivity contribution is -0.187. The van der Waals surface area contributed by atoms with Crippen molar-refractivity contribution in [1.82, 2.24) is 10.2 Å². The molecule has 0 fully saturated rings. The van der Waals surface area contributed by atoms with Gasteiger partial charge < -0.3 is 9.84 Å². The van der Waals surface area contributed by atoms with E-state index in [1.807, 2.05) is 0 Å². The molecule has 1 unspecified atom stereocenters. The number of aliphatic hydroxyl groups excluding tert-OH is 1. The first-order valence-corrected chi connectivity index (χ1v) is 4.62. The molecule has 2 rings (SSSR count). The number of aromatic amines is 1. The van der Waals surface area contributed by atoms with Crippen LogP contribution in [-0.2, 0) is 11.2 Å². The standard InChI is InChI=1S/C9H12F2N2O2/c1-9(2)3-4-5(8(14)15-9)6(7(10)11)13-12-4/h7-8,14H,3H2,1-2H3,(H,12,13). The molecule has 1 aliphatic rings. The lowest BCUT2D eigenvalue weighted by Gasteiger charge is -2.33. The van der Waals surface area contributed by atoms with Crippen molar-refractivity contribution in [2.75, 3.05) is 0 Å². The molecular formula is C9H12F2N2O2. The molecule has 1 atom stereocenters. The zero-order valence-corrected chi connectivity index (χ0v) is 8.42. The van der Waals surface area contributed by atoms with Crippen LogP contribution in [0.1, 0.15) is 43.5 Å². The Morgan fingerprint density at radius 2 is 2.27 bits per heavy atom. The molecule has 0 aliphatic carbocycles. The molecule has 0 radical (unpaired) electrons. The van der Waals surface area contributed by atoms with Crippen LogP contribution >= 0.6 is 0 Å². The van der Waals surface area contributed by atoms with Crippen molar-refractivity contribution >= 4 is 0 Å². The predicted octanol–water partition coefficient (Wildman–Crippen LogP) is 1.69. The van der Waals surface area contributed by atoms with Gasteiger partial charge >= 0.3 is 0 Å². The topological polar surface area (TPSA) is 58.1 Å². The quantitative estimate of drug-likeness (QED) is 0.754. The summed E-state index contributed by atoms with van der Waals surface area (Å²) in [5.74, 6) is 0. The van der Waals surface area contributed by atoms with Crippen molar-refractivity contribution in [2.45, 2.75) is 38.6 Å². The van der Waals surface area contributed by atoms with Gasteiger partial charge in [-0.2, -0.15) is 5.10 Å². The maximum atomic E-state index is 12.5. The second-order valence-electron chi connectivity index (χ2n) is 4.21. The summed E-state index contributed by atoms with van der Waals surface area (Å²) in [6.45, 7) is 3.56. The van der Waals surface area contributed by atoms with Crippen LogP contribution in [0.2, 0.25) is 0 Å². The Labute approximate surface area is 85.3 Å². The van der Waals surface area contributed by atoms with Crippen LogP contribution in [0.15, 0.2) is 0 Å². The number of H-pyrrole nitrogens is 1. The third kappa shape index (κ3) is 1.74. The van der Waals surface area contributed by atoms with Crippen molar-refractivity contribution in [3.05, 3.63) is 17.0 Å². The second kappa shape index (κ2) is 3.24. The fourth-order valence-electron chi connectivity index (χ4n) is 1.81. The molecule has 0 bridgehead atoms. The maximum absolute atomic E-state index is 12.5. The Balaban J connectivity index is 2.43. The lowest BCUT2D eigenvalue weighted by atomic mass is 9.95. The normalized spacial score (nSPS) is 24.3. The number of hydrogen-bond donors (Lipinski definition) is 2. The number of alkyl halides is 2. The largest absolute Gasteiger partial charge is 0.364 e. The van der Waals surface area contributed by atoms with E-state index in [1.54, 1.807) is 13.8 Å². The van der Waals surface area contributed by atoms with Gasteiger partial charge in [-0.1, -0.05) is 0 Å². The molecule has 2 heterocycles. The summed E-state index contributed by atoms with van der Waals surface area (Å²) in [4.78, 5) is 0. The van der Waals surface area contributed by atoms with E-state index in [4.69, 9.17) is 4.74 Å². The van der Waals surface area contributed by atoms with E-state index in [9.17, 15) is 13.9 Å². The summed E-state index contributed by atoms with van der Waals surface area (Å²) in [5.41, 5.74) is -0.385. The number of halogens is 2. The molecular weight excluding hydrogens is 206 g/mol. The SMILES string of the molecule is CC1(C)Cc2[nH]nc(C(F)F)c2C(O)O1. The van der Waals surface area contributed by atoms with Crippen molar-refractivity contribution in [3.63, 3.8) is 0 Å². The molecule has 0 aromatic carbocycles. The molecule has 15 heavy (non-hydrogen) atoms. The van der Waals surface area contributed by atoms with E-state index in [2.05, 4.69) is 10.2 Å². The highest BCUT2D eigenvalue weighted by atomic mass is 19.3. The molecule has 4 nitrogen and oxygen atoms in total. The number of aliphatic hydroxyl groups is 1. The summed E-state index contributed by atoms with van der Waals surface area (Å²) >= 11 is 0. The second-order valence-corrected chi connectivity index (χ2v) is 4.21. The molecule has 1 aromatic rings. The molecule has 0 spiro atoms. The van der Waals surface area contributed by atoms with Crippen LogP contribution in [0.3, 0.4) is 0 Å². The van der Waals surface area contributed by atoms with Gasteiger partial charge in [-0.05, 0) is 13.8 Å². The summed E-state index contributed by atoms with van der Waals surface area (Å²) in [6.07, 6.45) is -3.60. The molecule has 0 saturated heterocycles.